The van der Waals surface area contributed by atoms with Gasteiger partial charge >= 0.3 is 5.69 Å². The number of aromatic nitrogens is 2. The van der Waals surface area contributed by atoms with Gasteiger partial charge in [-0.05, 0) is 19.9 Å². The molecular formula is C12H9N5O4. The lowest BCUT2D eigenvalue weighted by atomic mass is 10.1. The van der Waals surface area contributed by atoms with E-state index in [2.05, 4.69) is 5.10 Å². The van der Waals surface area contributed by atoms with Crippen LogP contribution in [0, 0.1) is 45.4 Å². The molecule has 0 aliphatic rings. The second-order valence-corrected chi connectivity index (χ2v) is 4.26. The Labute approximate surface area is 118 Å². The van der Waals surface area contributed by atoms with Gasteiger partial charge < -0.3 is 0 Å². The third-order valence-electron chi connectivity index (χ3n) is 2.98. The summed E-state index contributed by atoms with van der Waals surface area (Å²) in [5.74, 6) is 0. The van der Waals surface area contributed by atoms with Crippen molar-refractivity contribution >= 4 is 11.4 Å². The maximum absolute atomic E-state index is 11.0. The molecule has 0 amide bonds. The Bertz CT molecular complexity index is 803. The van der Waals surface area contributed by atoms with Gasteiger partial charge in [0.1, 0.15) is 17.5 Å². The minimum absolute atomic E-state index is 0.0182. The van der Waals surface area contributed by atoms with Gasteiger partial charge in [-0.2, -0.15) is 10.4 Å². The third-order valence-corrected chi connectivity index (χ3v) is 2.98. The van der Waals surface area contributed by atoms with E-state index in [0.29, 0.717) is 0 Å². The Balaban J connectivity index is 2.69. The average molecular weight is 287 g/mol. The van der Waals surface area contributed by atoms with E-state index in [1.165, 1.54) is 30.7 Å². The molecule has 0 spiro atoms. The lowest BCUT2D eigenvalue weighted by Crippen LogP contribution is -2.03. The van der Waals surface area contributed by atoms with Crippen LogP contribution in [0.3, 0.4) is 0 Å². The van der Waals surface area contributed by atoms with Crippen molar-refractivity contribution in [2.45, 2.75) is 13.8 Å². The quantitative estimate of drug-likeness (QED) is 0.628. The highest BCUT2D eigenvalue weighted by molar-refractivity contribution is 5.56. The monoisotopic (exact) mass is 287 g/mol. The predicted molar refractivity (Wildman–Crippen MR) is 71.1 cm³/mol. The molecule has 106 valence electrons. The Morgan fingerprint density at radius 2 is 1.90 bits per heavy atom. The molecule has 2 rings (SSSR count). The molecule has 0 saturated carbocycles. The molecule has 0 atom stereocenters. The van der Waals surface area contributed by atoms with E-state index in [4.69, 9.17) is 5.26 Å². The van der Waals surface area contributed by atoms with Gasteiger partial charge in [0.2, 0.25) is 0 Å². The summed E-state index contributed by atoms with van der Waals surface area (Å²) in [6.45, 7) is 2.99. The van der Waals surface area contributed by atoms with Crippen LogP contribution in [0.2, 0.25) is 0 Å². The van der Waals surface area contributed by atoms with Crippen LogP contribution in [0.5, 0.6) is 0 Å². The number of non-ortho nitro benzene ring substituents is 1. The smallest absolute Gasteiger partial charge is 0.258 e. The summed E-state index contributed by atoms with van der Waals surface area (Å²) in [5.41, 5.74) is 0.368. The number of nitro benzene ring substituents is 1. The lowest BCUT2D eigenvalue weighted by Gasteiger charge is -2.05. The molecular weight excluding hydrogens is 278 g/mol. The molecule has 1 heterocycles. The highest BCUT2D eigenvalue weighted by Crippen LogP contribution is 2.27. The molecule has 1 aromatic carbocycles. The van der Waals surface area contributed by atoms with Crippen molar-refractivity contribution in [2.75, 3.05) is 0 Å². The van der Waals surface area contributed by atoms with Gasteiger partial charge in [0.05, 0.1) is 21.1 Å². The zero-order valence-electron chi connectivity index (χ0n) is 11.1. The maximum atomic E-state index is 11.0. The molecule has 0 aliphatic carbocycles. The zero-order valence-corrected chi connectivity index (χ0v) is 11.1. The van der Waals surface area contributed by atoms with Gasteiger partial charge in [-0.15, -0.1) is 0 Å². The van der Waals surface area contributed by atoms with Crippen molar-refractivity contribution < 1.29 is 9.85 Å². The maximum Gasteiger partial charge on any atom is 0.313 e. The van der Waals surface area contributed by atoms with Gasteiger partial charge in [-0.1, -0.05) is 0 Å². The molecule has 0 saturated heterocycles. The number of rotatable bonds is 3. The van der Waals surface area contributed by atoms with Crippen LogP contribution < -0.4 is 0 Å². The molecule has 9 nitrogen and oxygen atoms in total. The fourth-order valence-corrected chi connectivity index (χ4v) is 2.05. The molecule has 0 bridgehead atoms. The summed E-state index contributed by atoms with van der Waals surface area (Å²) >= 11 is 0. The first-order valence-electron chi connectivity index (χ1n) is 5.76. The third kappa shape index (κ3) is 2.30. The summed E-state index contributed by atoms with van der Waals surface area (Å²) < 4.78 is 1.25. The van der Waals surface area contributed by atoms with Crippen LogP contribution in [-0.2, 0) is 0 Å². The van der Waals surface area contributed by atoms with Crippen LogP contribution in [0.4, 0.5) is 11.4 Å². The van der Waals surface area contributed by atoms with E-state index in [0.717, 1.165) is 6.07 Å². The van der Waals surface area contributed by atoms with Crippen molar-refractivity contribution in [3.63, 3.8) is 0 Å². The number of nitrogens with zero attached hydrogens (tertiary/aromatic N) is 5. The van der Waals surface area contributed by atoms with Crippen LogP contribution in [0.25, 0.3) is 5.69 Å². The highest BCUT2D eigenvalue weighted by atomic mass is 16.6. The van der Waals surface area contributed by atoms with Gasteiger partial charge in [0, 0.05) is 12.1 Å². The molecule has 0 N–H and O–H groups in total. The second kappa shape index (κ2) is 5.01. The molecule has 21 heavy (non-hydrogen) atoms. The lowest BCUT2D eigenvalue weighted by molar-refractivity contribution is -0.386. The van der Waals surface area contributed by atoms with E-state index in [1.807, 2.05) is 6.07 Å². The van der Waals surface area contributed by atoms with E-state index in [9.17, 15) is 20.2 Å². The average Bonchev–Trinajstić information content (AvgIpc) is 2.72. The number of nitriles is 1. The van der Waals surface area contributed by atoms with Crippen molar-refractivity contribution in [1.29, 1.82) is 5.26 Å². The SMILES string of the molecule is Cc1nn(-c2ccc([N+](=O)[O-])cc2C#N)c(C)c1[N+](=O)[O-]. The predicted octanol–water partition coefficient (Wildman–Crippen LogP) is 2.18. The van der Waals surface area contributed by atoms with E-state index in [-0.39, 0.29) is 34.0 Å². The molecule has 0 fully saturated rings. The van der Waals surface area contributed by atoms with Gasteiger partial charge in [-0.25, -0.2) is 4.68 Å². The first-order chi connectivity index (χ1) is 9.86. The summed E-state index contributed by atoms with van der Waals surface area (Å²) in [6.07, 6.45) is 0. The summed E-state index contributed by atoms with van der Waals surface area (Å²) in [4.78, 5) is 20.5. The largest absolute Gasteiger partial charge is 0.313 e. The Kier molecular flexibility index (Phi) is 3.37. The fraction of sp³-hybridized carbons (Fsp3) is 0.167. The first kappa shape index (κ1) is 14.1. The number of nitro groups is 2. The zero-order chi connectivity index (χ0) is 15.7. The van der Waals surface area contributed by atoms with Gasteiger partial charge in [0.15, 0.2) is 0 Å². The Hall–Kier alpha value is -3.28. The number of aryl methyl sites for hydroxylation is 1. The van der Waals surface area contributed by atoms with Gasteiger partial charge in [-0.3, -0.25) is 20.2 Å². The standard InChI is InChI=1S/C12H9N5O4/c1-7-12(17(20)21)8(2)15(14-7)11-4-3-10(16(18)19)5-9(11)6-13/h3-5H,1-2H3. The van der Waals surface area contributed by atoms with Crippen molar-refractivity contribution in [3.05, 3.63) is 55.4 Å². The second-order valence-electron chi connectivity index (χ2n) is 4.26. The van der Waals surface area contributed by atoms with E-state index >= 15 is 0 Å². The molecule has 1 aromatic heterocycles. The Morgan fingerprint density at radius 3 is 2.38 bits per heavy atom. The minimum Gasteiger partial charge on any atom is -0.258 e. The fourth-order valence-electron chi connectivity index (χ4n) is 2.05. The molecule has 0 radical (unpaired) electrons. The van der Waals surface area contributed by atoms with Crippen LogP contribution in [0.15, 0.2) is 18.2 Å². The number of hydrogen-bond acceptors (Lipinski definition) is 6. The van der Waals surface area contributed by atoms with Gasteiger partial charge in [0.25, 0.3) is 5.69 Å². The van der Waals surface area contributed by atoms with Crippen molar-refractivity contribution in [3.8, 4) is 11.8 Å². The van der Waals surface area contributed by atoms with Crippen molar-refractivity contribution in [2.24, 2.45) is 0 Å². The number of hydrogen-bond donors (Lipinski definition) is 0. The topological polar surface area (TPSA) is 128 Å². The molecule has 2 aromatic rings. The van der Waals surface area contributed by atoms with Crippen molar-refractivity contribution in [1.82, 2.24) is 9.78 Å². The normalized spacial score (nSPS) is 10.1. The molecule has 0 unspecified atom stereocenters. The Morgan fingerprint density at radius 1 is 1.24 bits per heavy atom. The number of benzene rings is 1. The summed E-state index contributed by atoms with van der Waals surface area (Å²) in [6, 6.07) is 5.52. The summed E-state index contributed by atoms with van der Waals surface area (Å²) in [7, 11) is 0. The minimum atomic E-state index is -0.617. The first-order valence-corrected chi connectivity index (χ1v) is 5.76. The van der Waals surface area contributed by atoms with E-state index in [1.54, 1.807) is 0 Å². The molecule has 9 heteroatoms. The van der Waals surface area contributed by atoms with Crippen LogP contribution >= 0.6 is 0 Å². The van der Waals surface area contributed by atoms with E-state index < -0.39 is 9.85 Å². The summed E-state index contributed by atoms with van der Waals surface area (Å²) in [5, 5.41) is 34.9. The highest BCUT2D eigenvalue weighted by Gasteiger charge is 2.24. The van der Waals surface area contributed by atoms with Crippen LogP contribution in [0.1, 0.15) is 17.0 Å². The molecule has 0 aliphatic heterocycles. The van der Waals surface area contributed by atoms with Crippen LogP contribution in [-0.4, -0.2) is 19.6 Å².